The fourth-order valence-corrected chi connectivity index (χ4v) is 4.33. The first-order valence-corrected chi connectivity index (χ1v) is 8.88. The molecule has 0 amide bonds. The maximum absolute atomic E-state index is 12.8. The van der Waals surface area contributed by atoms with Gasteiger partial charge in [-0.1, -0.05) is 30.3 Å². The standard InChI is InChI=1S/C17H16N2O2S2/c20-16-13-9-14(11-5-2-1-3-6-11)23-15(13)18-17(22)19(16)10-12-7-4-8-21-12/h1-3,5-6,9,12H,4,7-8,10H2,(H,18,22)/t12-/m0/s1. The molecule has 1 N–H and O–H groups in total. The third-order valence-electron chi connectivity index (χ3n) is 4.14. The zero-order valence-electron chi connectivity index (χ0n) is 12.5. The molecule has 1 aromatic carbocycles. The number of benzene rings is 1. The molecule has 23 heavy (non-hydrogen) atoms. The third-order valence-corrected chi connectivity index (χ3v) is 5.56. The van der Waals surface area contributed by atoms with E-state index in [1.165, 1.54) is 0 Å². The number of ether oxygens (including phenoxy) is 1. The molecule has 1 saturated heterocycles. The van der Waals surface area contributed by atoms with Crippen molar-refractivity contribution in [1.29, 1.82) is 0 Å². The number of fused-ring (bicyclic) bond motifs is 1. The van der Waals surface area contributed by atoms with Crippen molar-refractivity contribution in [2.75, 3.05) is 6.61 Å². The van der Waals surface area contributed by atoms with Gasteiger partial charge in [-0.3, -0.25) is 9.36 Å². The van der Waals surface area contributed by atoms with Crippen LogP contribution >= 0.6 is 23.6 Å². The Morgan fingerprint density at radius 2 is 2.17 bits per heavy atom. The number of aromatic amines is 1. The first-order chi connectivity index (χ1) is 11.2. The molecule has 0 spiro atoms. The molecule has 1 aliphatic heterocycles. The molecule has 1 fully saturated rings. The van der Waals surface area contributed by atoms with Gasteiger partial charge < -0.3 is 9.72 Å². The van der Waals surface area contributed by atoms with Crippen molar-refractivity contribution < 1.29 is 4.74 Å². The third kappa shape index (κ3) is 2.78. The normalized spacial score (nSPS) is 17.8. The topological polar surface area (TPSA) is 47.0 Å². The summed E-state index contributed by atoms with van der Waals surface area (Å²) in [5.41, 5.74) is 1.08. The van der Waals surface area contributed by atoms with Gasteiger partial charge in [0.15, 0.2) is 4.77 Å². The molecule has 4 nitrogen and oxygen atoms in total. The number of thiophene rings is 1. The fourth-order valence-electron chi connectivity index (χ4n) is 2.95. The molecular weight excluding hydrogens is 328 g/mol. The summed E-state index contributed by atoms with van der Waals surface area (Å²) >= 11 is 6.95. The zero-order valence-corrected chi connectivity index (χ0v) is 14.1. The van der Waals surface area contributed by atoms with Crippen molar-refractivity contribution in [3.05, 3.63) is 51.5 Å². The van der Waals surface area contributed by atoms with Crippen LogP contribution in [0.15, 0.2) is 41.2 Å². The Morgan fingerprint density at radius 1 is 1.35 bits per heavy atom. The second-order valence-electron chi connectivity index (χ2n) is 5.70. The Bertz CT molecular complexity index is 950. The van der Waals surface area contributed by atoms with Crippen molar-refractivity contribution in [1.82, 2.24) is 9.55 Å². The molecule has 2 aromatic heterocycles. The highest BCUT2D eigenvalue weighted by molar-refractivity contribution is 7.71. The highest BCUT2D eigenvalue weighted by Gasteiger charge is 2.18. The van der Waals surface area contributed by atoms with Gasteiger partial charge in [-0.05, 0) is 36.7 Å². The van der Waals surface area contributed by atoms with E-state index < -0.39 is 0 Å². The molecule has 0 bridgehead atoms. The fraction of sp³-hybridized carbons (Fsp3) is 0.294. The summed E-state index contributed by atoms with van der Waals surface area (Å²) in [5.74, 6) is 0. The molecule has 0 saturated carbocycles. The number of H-pyrrole nitrogens is 1. The highest BCUT2D eigenvalue weighted by atomic mass is 32.1. The maximum Gasteiger partial charge on any atom is 0.263 e. The summed E-state index contributed by atoms with van der Waals surface area (Å²) in [7, 11) is 0. The lowest BCUT2D eigenvalue weighted by Crippen LogP contribution is -2.27. The van der Waals surface area contributed by atoms with E-state index >= 15 is 0 Å². The van der Waals surface area contributed by atoms with Crippen molar-refractivity contribution in [3.8, 4) is 10.4 Å². The Hall–Kier alpha value is -1.76. The molecule has 0 aliphatic carbocycles. The van der Waals surface area contributed by atoms with E-state index in [1.54, 1.807) is 15.9 Å². The van der Waals surface area contributed by atoms with Gasteiger partial charge in [0.1, 0.15) is 4.83 Å². The molecule has 3 heterocycles. The Labute approximate surface area is 142 Å². The Balaban J connectivity index is 1.81. The van der Waals surface area contributed by atoms with E-state index in [1.807, 2.05) is 36.4 Å². The minimum absolute atomic E-state index is 0.0299. The van der Waals surface area contributed by atoms with Crippen molar-refractivity contribution >= 4 is 33.8 Å². The summed E-state index contributed by atoms with van der Waals surface area (Å²) in [6.45, 7) is 1.30. The minimum atomic E-state index is -0.0299. The van der Waals surface area contributed by atoms with Crippen LogP contribution in [0.3, 0.4) is 0 Å². The lowest BCUT2D eigenvalue weighted by atomic mass is 10.2. The van der Waals surface area contributed by atoms with E-state index in [2.05, 4.69) is 4.98 Å². The van der Waals surface area contributed by atoms with Gasteiger partial charge in [-0.25, -0.2) is 0 Å². The number of nitrogens with zero attached hydrogens (tertiary/aromatic N) is 1. The van der Waals surface area contributed by atoms with Gasteiger partial charge in [0.2, 0.25) is 0 Å². The molecular formula is C17H16N2O2S2. The smallest absolute Gasteiger partial charge is 0.263 e. The molecule has 3 aromatic rings. The van der Waals surface area contributed by atoms with E-state index in [9.17, 15) is 4.79 Å². The van der Waals surface area contributed by atoms with Crippen LogP contribution in [0, 0.1) is 4.77 Å². The van der Waals surface area contributed by atoms with E-state index in [0.29, 0.717) is 16.7 Å². The number of nitrogens with one attached hydrogen (secondary N) is 1. The quantitative estimate of drug-likeness (QED) is 0.732. The predicted octanol–water partition coefficient (Wildman–Crippen LogP) is 3.97. The van der Waals surface area contributed by atoms with Crippen LogP contribution in [0.5, 0.6) is 0 Å². The molecule has 0 radical (unpaired) electrons. The first-order valence-electron chi connectivity index (χ1n) is 7.66. The lowest BCUT2D eigenvalue weighted by Gasteiger charge is -2.11. The number of rotatable bonds is 3. The van der Waals surface area contributed by atoms with Crippen LogP contribution in [0.2, 0.25) is 0 Å². The molecule has 1 aliphatic rings. The summed E-state index contributed by atoms with van der Waals surface area (Å²) in [5, 5.41) is 0.695. The summed E-state index contributed by atoms with van der Waals surface area (Å²) in [4.78, 5) is 17.9. The molecule has 4 rings (SSSR count). The Kier molecular flexibility index (Phi) is 3.88. The lowest BCUT2D eigenvalue weighted by molar-refractivity contribution is 0.0957. The molecule has 118 valence electrons. The predicted molar refractivity (Wildman–Crippen MR) is 95.7 cm³/mol. The maximum atomic E-state index is 12.8. The van der Waals surface area contributed by atoms with E-state index in [0.717, 1.165) is 34.7 Å². The monoisotopic (exact) mass is 344 g/mol. The van der Waals surface area contributed by atoms with E-state index in [4.69, 9.17) is 17.0 Å². The van der Waals surface area contributed by atoms with Gasteiger partial charge >= 0.3 is 0 Å². The van der Waals surface area contributed by atoms with Crippen LogP contribution in [-0.4, -0.2) is 22.3 Å². The van der Waals surface area contributed by atoms with Crippen molar-refractivity contribution in [2.24, 2.45) is 0 Å². The highest BCUT2D eigenvalue weighted by Crippen LogP contribution is 2.30. The summed E-state index contributed by atoms with van der Waals surface area (Å²) < 4.78 is 7.74. The first kappa shape index (κ1) is 14.8. The minimum Gasteiger partial charge on any atom is -0.376 e. The van der Waals surface area contributed by atoms with Gasteiger partial charge in [0.05, 0.1) is 18.0 Å². The average Bonchev–Trinajstić information content (AvgIpc) is 3.22. The van der Waals surface area contributed by atoms with Crippen molar-refractivity contribution in [3.63, 3.8) is 0 Å². The zero-order chi connectivity index (χ0) is 15.8. The van der Waals surface area contributed by atoms with Crippen LogP contribution < -0.4 is 5.56 Å². The van der Waals surface area contributed by atoms with Crippen LogP contribution in [0.25, 0.3) is 20.7 Å². The second-order valence-corrected chi connectivity index (χ2v) is 7.14. The second kappa shape index (κ2) is 6.03. The Morgan fingerprint density at radius 3 is 2.91 bits per heavy atom. The summed E-state index contributed by atoms with van der Waals surface area (Å²) in [6, 6.07) is 12.0. The van der Waals surface area contributed by atoms with E-state index in [-0.39, 0.29) is 11.7 Å². The SMILES string of the molecule is O=c1c2cc(-c3ccccc3)sc2[nH]c(=S)n1C[C@@H]1CCCO1. The largest absolute Gasteiger partial charge is 0.376 e. The van der Waals surface area contributed by atoms with Crippen molar-refractivity contribution in [2.45, 2.75) is 25.5 Å². The number of hydrogen-bond donors (Lipinski definition) is 1. The van der Waals surface area contributed by atoms with Crippen LogP contribution in [-0.2, 0) is 11.3 Å². The number of hydrogen-bond acceptors (Lipinski definition) is 4. The summed E-state index contributed by atoms with van der Waals surface area (Å²) in [6.07, 6.45) is 2.12. The van der Waals surface area contributed by atoms with Gasteiger partial charge in [0, 0.05) is 11.5 Å². The van der Waals surface area contributed by atoms with Gasteiger partial charge in [-0.15, -0.1) is 11.3 Å². The molecule has 0 unspecified atom stereocenters. The molecule has 1 atom stereocenters. The van der Waals surface area contributed by atoms with Crippen LogP contribution in [0.1, 0.15) is 12.8 Å². The number of aromatic nitrogens is 2. The average molecular weight is 344 g/mol. The van der Waals surface area contributed by atoms with Gasteiger partial charge in [0.25, 0.3) is 5.56 Å². The molecule has 6 heteroatoms. The van der Waals surface area contributed by atoms with Gasteiger partial charge in [-0.2, -0.15) is 0 Å². The van der Waals surface area contributed by atoms with Crippen LogP contribution in [0.4, 0.5) is 0 Å².